The van der Waals surface area contributed by atoms with Crippen molar-refractivity contribution in [3.05, 3.63) is 24.3 Å². The number of aliphatic hydroxyl groups is 2. The van der Waals surface area contributed by atoms with E-state index in [2.05, 4.69) is 11.3 Å². The summed E-state index contributed by atoms with van der Waals surface area (Å²) in [4.78, 5) is 20.3. The van der Waals surface area contributed by atoms with E-state index >= 15 is 0 Å². The molecule has 6 nitrogen and oxygen atoms in total. The minimum atomic E-state index is -0.927. The Balaban J connectivity index is 0. The molecule has 1 atom stereocenters. The number of carbonyl (C=O) groups is 2. The number of ether oxygens (including phenoxy) is 1. The number of aliphatic carboxylic acids is 1. The molecular formula is C12H20O6. The Hall–Kier alpha value is -1.66. The fraction of sp³-hybridized carbons (Fsp3) is 0.500. The van der Waals surface area contributed by atoms with Gasteiger partial charge in [0, 0.05) is 18.3 Å². The second-order valence-corrected chi connectivity index (χ2v) is 3.39. The van der Waals surface area contributed by atoms with Gasteiger partial charge in [-0.05, 0) is 20.3 Å². The van der Waals surface area contributed by atoms with E-state index in [1.165, 1.54) is 19.9 Å². The van der Waals surface area contributed by atoms with E-state index in [9.17, 15) is 9.59 Å². The molecule has 0 aromatic heterocycles. The van der Waals surface area contributed by atoms with Crippen LogP contribution in [0.15, 0.2) is 24.3 Å². The van der Waals surface area contributed by atoms with Gasteiger partial charge in [0.2, 0.25) is 0 Å². The van der Waals surface area contributed by atoms with Gasteiger partial charge in [-0.3, -0.25) is 0 Å². The molecule has 0 rings (SSSR count). The van der Waals surface area contributed by atoms with E-state index < -0.39 is 18.0 Å². The average molecular weight is 260 g/mol. The van der Waals surface area contributed by atoms with Crippen molar-refractivity contribution in [2.75, 3.05) is 13.2 Å². The third-order valence-electron chi connectivity index (χ3n) is 1.55. The lowest BCUT2D eigenvalue weighted by Crippen LogP contribution is -2.13. The van der Waals surface area contributed by atoms with Gasteiger partial charge in [0.05, 0.1) is 6.10 Å². The Kier molecular flexibility index (Phi) is 12.3. The van der Waals surface area contributed by atoms with Crippen molar-refractivity contribution >= 4 is 11.9 Å². The SMILES string of the molecule is C=CC(=O)OCC(C)O.CC(=CCCO)C(=O)O. The first kappa shape index (κ1) is 18.7. The number of hydrogen-bond donors (Lipinski definition) is 3. The van der Waals surface area contributed by atoms with Crippen molar-refractivity contribution in [1.82, 2.24) is 0 Å². The molecule has 18 heavy (non-hydrogen) atoms. The fourth-order valence-corrected chi connectivity index (χ4v) is 0.630. The molecule has 6 heteroatoms. The van der Waals surface area contributed by atoms with Gasteiger partial charge >= 0.3 is 11.9 Å². The highest BCUT2D eigenvalue weighted by atomic mass is 16.5. The molecule has 0 aromatic carbocycles. The summed E-state index contributed by atoms with van der Waals surface area (Å²) in [6, 6.07) is 0. The van der Waals surface area contributed by atoms with Crippen molar-refractivity contribution in [1.29, 1.82) is 0 Å². The minimum absolute atomic E-state index is 0.00458. The predicted octanol–water partition coefficient (Wildman–Crippen LogP) is 0.496. The third-order valence-corrected chi connectivity index (χ3v) is 1.55. The monoisotopic (exact) mass is 260 g/mol. The molecule has 3 N–H and O–H groups in total. The van der Waals surface area contributed by atoms with Crippen molar-refractivity contribution in [2.45, 2.75) is 26.4 Å². The van der Waals surface area contributed by atoms with Crippen molar-refractivity contribution in [3.8, 4) is 0 Å². The molecule has 104 valence electrons. The summed E-state index contributed by atoms with van der Waals surface area (Å²) in [5.41, 5.74) is 0.282. The van der Waals surface area contributed by atoms with Crippen LogP contribution < -0.4 is 0 Å². The zero-order chi connectivity index (χ0) is 14.6. The van der Waals surface area contributed by atoms with Gasteiger partial charge in [-0.2, -0.15) is 0 Å². The molecule has 0 fully saturated rings. The average Bonchev–Trinajstić information content (AvgIpc) is 2.33. The van der Waals surface area contributed by atoms with Gasteiger partial charge < -0.3 is 20.1 Å². The lowest BCUT2D eigenvalue weighted by molar-refractivity contribution is -0.140. The quantitative estimate of drug-likeness (QED) is 0.474. The number of hydrogen-bond acceptors (Lipinski definition) is 5. The van der Waals surface area contributed by atoms with E-state index in [4.69, 9.17) is 15.3 Å². The molecule has 0 aliphatic rings. The first-order valence-electron chi connectivity index (χ1n) is 5.33. The van der Waals surface area contributed by atoms with Crippen LogP contribution in [-0.2, 0) is 14.3 Å². The molecule has 0 amide bonds. The summed E-state index contributed by atoms with van der Waals surface area (Å²) in [6.07, 6.45) is 2.36. The van der Waals surface area contributed by atoms with Crippen LogP contribution in [0.2, 0.25) is 0 Å². The first-order valence-corrected chi connectivity index (χ1v) is 5.33. The largest absolute Gasteiger partial charge is 0.478 e. The van der Waals surface area contributed by atoms with Crippen LogP contribution in [0.4, 0.5) is 0 Å². The number of carbonyl (C=O) groups excluding carboxylic acids is 1. The second-order valence-electron chi connectivity index (χ2n) is 3.39. The number of rotatable bonds is 6. The zero-order valence-electron chi connectivity index (χ0n) is 10.6. The minimum Gasteiger partial charge on any atom is -0.478 e. The van der Waals surface area contributed by atoms with Gasteiger partial charge in [-0.1, -0.05) is 12.7 Å². The van der Waals surface area contributed by atoms with Crippen LogP contribution in [0.3, 0.4) is 0 Å². The fourth-order valence-electron chi connectivity index (χ4n) is 0.630. The van der Waals surface area contributed by atoms with Crippen molar-refractivity contribution in [3.63, 3.8) is 0 Å². The summed E-state index contributed by atoms with van der Waals surface area (Å²) in [5.74, 6) is -1.43. The molecule has 0 bridgehead atoms. The van der Waals surface area contributed by atoms with Crippen molar-refractivity contribution in [2.24, 2.45) is 0 Å². The van der Waals surface area contributed by atoms with E-state index in [0.29, 0.717) is 6.42 Å². The maximum absolute atomic E-state index is 10.3. The van der Waals surface area contributed by atoms with Crippen LogP contribution in [-0.4, -0.2) is 46.6 Å². The highest BCUT2D eigenvalue weighted by molar-refractivity contribution is 5.85. The second kappa shape index (κ2) is 11.8. The molecule has 1 unspecified atom stereocenters. The van der Waals surface area contributed by atoms with E-state index in [-0.39, 0.29) is 18.8 Å². The van der Waals surface area contributed by atoms with E-state index in [1.54, 1.807) is 0 Å². The van der Waals surface area contributed by atoms with E-state index in [1.807, 2.05) is 0 Å². The van der Waals surface area contributed by atoms with Gasteiger partial charge in [0.25, 0.3) is 0 Å². The molecule has 0 aliphatic carbocycles. The highest BCUT2D eigenvalue weighted by Crippen LogP contribution is 1.93. The summed E-state index contributed by atoms with van der Waals surface area (Å²) in [5, 5.41) is 25.1. The smallest absolute Gasteiger partial charge is 0.330 e. The normalized spacial score (nSPS) is 11.9. The molecular weight excluding hydrogens is 240 g/mol. The van der Waals surface area contributed by atoms with Crippen LogP contribution in [0, 0.1) is 0 Å². The standard InChI is InChI=1S/2C6H10O3/c1-5(6(8)9)3-2-4-7;1-3-6(8)9-4-5(2)7/h3,7H,2,4H2,1H3,(H,8,9);3,5,7H,1,4H2,2H3. The van der Waals surface area contributed by atoms with Crippen LogP contribution in [0.5, 0.6) is 0 Å². The number of esters is 1. The lowest BCUT2D eigenvalue weighted by Gasteiger charge is -2.02. The number of carboxylic acids is 1. The van der Waals surface area contributed by atoms with Gasteiger partial charge in [0.1, 0.15) is 6.61 Å². The van der Waals surface area contributed by atoms with Gasteiger partial charge in [-0.15, -0.1) is 0 Å². The summed E-state index contributed by atoms with van der Waals surface area (Å²) >= 11 is 0. The Morgan fingerprint density at radius 3 is 2.33 bits per heavy atom. The number of carboxylic acid groups (broad SMARTS) is 1. The lowest BCUT2D eigenvalue weighted by atomic mass is 10.2. The Morgan fingerprint density at radius 1 is 1.44 bits per heavy atom. The van der Waals surface area contributed by atoms with E-state index in [0.717, 1.165) is 6.08 Å². The van der Waals surface area contributed by atoms with Crippen LogP contribution >= 0.6 is 0 Å². The predicted molar refractivity (Wildman–Crippen MR) is 65.9 cm³/mol. The molecule has 0 saturated heterocycles. The first-order chi connectivity index (χ1) is 8.34. The van der Waals surface area contributed by atoms with Gasteiger partial charge in [-0.25, -0.2) is 9.59 Å². The molecule has 0 radical (unpaired) electrons. The molecule has 0 saturated carbocycles. The maximum atomic E-state index is 10.3. The molecule has 0 heterocycles. The Labute approximate surface area is 106 Å². The molecule has 0 aliphatic heterocycles. The Bertz CT molecular complexity index is 293. The molecule has 0 spiro atoms. The Morgan fingerprint density at radius 2 is 2.00 bits per heavy atom. The van der Waals surface area contributed by atoms with Crippen molar-refractivity contribution < 1.29 is 29.6 Å². The van der Waals surface area contributed by atoms with Crippen LogP contribution in [0.1, 0.15) is 20.3 Å². The third kappa shape index (κ3) is 14.3. The molecule has 0 aromatic rings. The maximum Gasteiger partial charge on any atom is 0.330 e. The number of aliphatic hydroxyl groups excluding tert-OH is 2. The van der Waals surface area contributed by atoms with Gasteiger partial charge in [0.15, 0.2) is 0 Å². The highest BCUT2D eigenvalue weighted by Gasteiger charge is 1.98. The summed E-state index contributed by atoms with van der Waals surface area (Å²) in [7, 11) is 0. The summed E-state index contributed by atoms with van der Waals surface area (Å²) < 4.78 is 4.45. The topological polar surface area (TPSA) is 104 Å². The summed E-state index contributed by atoms with van der Waals surface area (Å²) in [6.45, 7) is 6.26. The van der Waals surface area contributed by atoms with Crippen LogP contribution in [0.25, 0.3) is 0 Å². The zero-order valence-corrected chi connectivity index (χ0v) is 10.6.